The second-order valence-corrected chi connectivity index (χ2v) is 8.97. The summed E-state index contributed by atoms with van der Waals surface area (Å²) in [7, 11) is 1.62. The first-order valence-corrected chi connectivity index (χ1v) is 11.6. The van der Waals surface area contributed by atoms with E-state index >= 15 is 0 Å². The van der Waals surface area contributed by atoms with Crippen molar-refractivity contribution in [3.8, 4) is 5.75 Å². The van der Waals surface area contributed by atoms with Gasteiger partial charge >= 0.3 is 0 Å². The SMILES string of the molecule is COc1ccc(CNC(=O)c2ccc([C@H]3SCC(=O)N3Cc3ccc(Cl)cc3)cc2)cc1. The van der Waals surface area contributed by atoms with Gasteiger partial charge in [-0.25, -0.2) is 0 Å². The third kappa shape index (κ3) is 5.26. The molecule has 4 rings (SSSR count). The summed E-state index contributed by atoms with van der Waals surface area (Å²) in [5.41, 5.74) is 3.61. The highest BCUT2D eigenvalue weighted by atomic mass is 35.5. The van der Waals surface area contributed by atoms with Crippen LogP contribution in [0.5, 0.6) is 5.75 Å². The Bertz CT molecular complexity index is 1090. The van der Waals surface area contributed by atoms with Gasteiger partial charge in [-0.3, -0.25) is 9.59 Å². The highest BCUT2D eigenvalue weighted by molar-refractivity contribution is 8.00. The number of nitrogens with zero attached hydrogens (tertiary/aromatic N) is 1. The number of rotatable bonds is 7. The minimum absolute atomic E-state index is 0.0745. The standard InChI is InChI=1S/C25H23ClN2O3S/c1-31-22-12-4-17(5-13-22)14-27-24(30)19-6-8-20(9-7-19)25-28(23(29)16-32-25)15-18-2-10-21(26)11-3-18/h2-13,25H,14-16H2,1H3,(H,27,30)/t25-/m1/s1. The first-order valence-electron chi connectivity index (χ1n) is 10.2. The molecule has 1 N–H and O–H groups in total. The van der Waals surface area contributed by atoms with Crippen molar-refractivity contribution in [2.24, 2.45) is 0 Å². The van der Waals surface area contributed by atoms with E-state index in [1.807, 2.05) is 77.7 Å². The van der Waals surface area contributed by atoms with Crippen LogP contribution in [0.1, 0.15) is 32.4 Å². The van der Waals surface area contributed by atoms with E-state index in [4.69, 9.17) is 16.3 Å². The first kappa shape index (κ1) is 22.2. The van der Waals surface area contributed by atoms with Crippen LogP contribution in [-0.2, 0) is 17.9 Å². The number of methoxy groups -OCH3 is 1. The summed E-state index contributed by atoms with van der Waals surface area (Å²) < 4.78 is 5.15. The molecule has 3 aromatic carbocycles. The Balaban J connectivity index is 1.39. The Morgan fingerprint density at radius 1 is 1.03 bits per heavy atom. The lowest BCUT2D eigenvalue weighted by Gasteiger charge is -2.24. The molecule has 5 nitrogen and oxygen atoms in total. The fourth-order valence-corrected chi connectivity index (χ4v) is 4.83. The number of carbonyl (C=O) groups is 2. The van der Waals surface area contributed by atoms with Crippen molar-refractivity contribution in [3.63, 3.8) is 0 Å². The molecule has 1 fully saturated rings. The number of amides is 2. The summed E-state index contributed by atoms with van der Waals surface area (Å²) in [5.74, 6) is 1.20. The molecule has 0 saturated carbocycles. The third-order valence-corrected chi connectivity index (χ3v) is 6.81. The van der Waals surface area contributed by atoms with Gasteiger partial charge in [0, 0.05) is 23.7 Å². The van der Waals surface area contributed by atoms with E-state index in [-0.39, 0.29) is 17.2 Å². The van der Waals surface area contributed by atoms with Crippen LogP contribution in [0.4, 0.5) is 0 Å². The number of ether oxygens (including phenoxy) is 1. The topological polar surface area (TPSA) is 58.6 Å². The van der Waals surface area contributed by atoms with Crippen LogP contribution in [0.15, 0.2) is 72.8 Å². The predicted molar refractivity (Wildman–Crippen MR) is 128 cm³/mol. The fraction of sp³-hybridized carbons (Fsp3) is 0.200. The van der Waals surface area contributed by atoms with Crippen LogP contribution in [0.25, 0.3) is 0 Å². The molecule has 1 heterocycles. The van der Waals surface area contributed by atoms with Crippen molar-refractivity contribution in [1.29, 1.82) is 0 Å². The molecule has 7 heteroatoms. The zero-order valence-corrected chi connectivity index (χ0v) is 19.2. The molecular formula is C25H23ClN2O3S. The van der Waals surface area contributed by atoms with Gasteiger partial charge in [0.2, 0.25) is 5.91 Å². The summed E-state index contributed by atoms with van der Waals surface area (Å²) in [6.07, 6.45) is 0. The van der Waals surface area contributed by atoms with Crippen molar-refractivity contribution in [3.05, 3.63) is 100 Å². The van der Waals surface area contributed by atoms with E-state index in [1.165, 1.54) is 0 Å². The van der Waals surface area contributed by atoms with Gasteiger partial charge in [-0.05, 0) is 53.1 Å². The molecule has 0 unspecified atom stereocenters. The van der Waals surface area contributed by atoms with Crippen LogP contribution < -0.4 is 10.1 Å². The number of thioether (sulfide) groups is 1. The Hall–Kier alpha value is -2.96. The Morgan fingerprint density at radius 2 is 1.69 bits per heavy atom. The van der Waals surface area contributed by atoms with E-state index < -0.39 is 0 Å². The van der Waals surface area contributed by atoms with Crippen LogP contribution in [0.3, 0.4) is 0 Å². The molecule has 164 valence electrons. The van der Waals surface area contributed by atoms with Crippen molar-refractivity contribution in [2.75, 3.05) is 12.9 Å². The van der Waals surface area contributed by atoms with Crippen molar-refractivity contribution in [2.45, 2.75) is 18.5 Å². The molecule has 0 radical (unpaired) electrons. The Morgan fingerprint density at radius 3 is 2.34 bits per heavy atom. The van der Waals surface area contributed by atoms with Gasteiger partial charge in [0.05, 0.1) is 12.9 Å². The normalized spacial score (nSPS) is 15.6. The summed E-state index contributed by atoms with van der Waals surface area (Å²) in [5, 5.41) is 3.53. The Labute approximate surface area is 196 Å². The second kappa shape index (κ2) is 10.1. The average Bonchev–Trinajstić information content (AvgIpc) is 3.19. The number of nitrogens with one attached hydrogen (secondary N) is 1. The van der Waals surface area contributed by atoms with Crippen LogP contribution >= 0.6 is 23.4 Å². The van der Waals surface area contributed by atoms with Crippen molar-refractivity contribution in [1.82, 2.24) is 10.2 Å². The maximum atomic E-state index is 12.5. The molecule has 0 bridgehead atoms. The van der Waals surface area contributed by atoms with Crippen molar-refractivity contribution >= 4 is 35.2 Å². The number of halogens is 1. The summed E-state index contributed by atoms with van der Waals surface area (Å²) in [4.78, 5) is 26.9. The van der Waals surface area contributed by atoms with Crippen LogP contribution in [0, 0.1) is 0 Å². The number of carbonyl (C=O) groups excluding carboxylic acids is 2. The molecular weight excluding hydrogens is 444 g/mol. The number of benzene rings is 3. The van der Waals surface area contributed by atoms with E-state index in [0.29, 0.717) is 29.4 Å². The van der Waals surface area contributed by atoms with Crippen LogP contribution in [-0.4, -0.2) is 29.6 Å². The molecule has 0 spiro atoms. The highest BCUT2D eigenvalue weighted by Crippen LogP contribution is 2.39. The molecule has 32 heavy (non-hydrogen) atoms. The highest BCUT2D eigenvalue weighted by Gasteiger charge is 2.32. The lowest BCUT2D eigenvalue weighted by molar-refractivity contribution is -0.128. The fourth-order valence-electron chi connectivity index (χ4n) is 3.51. The minimum atomic E-state index is -0.138. The molecule has 3 aromatic rings. The van der Waals surface area contributed by atoms with E-state index in [9.17, 15) is 9.59 Å². The van der Waals surface area contributed by atoms with Gasteiger partial charge in [-0.1, -0.05) is 48.0 Å². The van der Waals surface area contributed by atoms with Gasteiger partial charge in [0.15, 0.2) is 0 Å². The van der Waals surface area contributed by atoms with Gasteiger partial charge in [0.1, 0.15) is 11.1 Å². The van der Waals surface area contributed by atoms with Gasteiger partial charge in [-0.15, -0.1) is 11.8 Å². The molecule has 1 saturated heterocycles. The molecule has 0 aliphatic carbocycles. The quantitative estimate of drug-likeness (QED) is 0.529. The smallest absolute Gasteiger partial charge is 0.251 e. The zero-order chi connectivity index (χ0) is 22.5. The summed E-state index contributed by atoms with van der Waals surface area (Å²) >= 11 is 7.57. The maximum absolute atomic E-state index is 12.5. The zero-order valence-electron chi connectivity index (χ0n) is 17.6. The van der Waals surface area contributed by atoms with Crippen molar-refractivity contribution < 1.29 is 14.3 Å². The number of hydrogen-bond donors (Lipinski definition) is 1. The summed E-state index contributed by atoms with van der Waals surface area (Å²) in [6, 6.07) is 22.6. The molecule has 0 aromatic heterocycles. The summed E-state index contributed by atoms with van der Waals surface area (Å²) in [6.45, 7) is 0.962. The second-order valence-electron chi connectivity index (χ2n) is 7.46. The van der Waals surface area contributed by atoms with E-state index in [2.05, 4.69) is 5.32 Å². The van der Waals surface area contributed by atoms with E-state index in [1.54, 1.807) is 18.9 Å². The molecule has 1 atom stereocenters. The van der Waals surface area contributed by atoms with Gasteiger partial charge in [-0.2, -0.15) is 0 Å². The molecule has 1 aliphatic heterocycles. The predicted octanol–water partition coefficient (Wildman–Crippen LogP) is 5.05. The van der Waals surface area contributed by atoms with Gasteiger partial charge < -0.3 is 15.0 Å². The van der Waals surface area contributed by atoms with Crippen LogP contribution in [0.2, 0.25) is 5.02 Å². The van der Waals surface area contributed by atoms with Gasteiger partial charge in [0.25, 0.3) is 5.91 Å². The first-order chi connectivity index (χ1) is 15.5. The lowest BCUT2D eigenvalue weighted by atomic mass is 10.1. The largest absolute Gasteiger partial charge is 0.497 e. The lowest BCUT2D eigenvalue weighted by Crippen LogP contribution is -2.27. The molecule has 1 aliphatic rings. The number of hydrogen-bond acceptors (Lipinski definition) is 4. The maximum Gasteiger partial charge on any atom is 0.251 e. The molecule has 2 amide bonds. The average molecular weight is 467 g/mol. The Kier molecular flexibility index (Phi) is 7.02. The minimum Gasteiger partial charge on any atom is -0.497 e. The monoisotopic (exact) mass is 466 g/mol. The van der Waals surface area contributed by atoms with E-state index in [0.717, 1.165) is 22.4 Å². The third-order valence-electron chi connectivity index (χ3n) is 5.30.